The standard InChI is InChI=1S/C19H24N4O4/c1-13(2)27-9-8-26-12-14-6-5-7-15(10-14)21-17-16(11-20)18(24)23(4)19(25)22(17)3/h5-7,10,13,16H,8-9,12H2,1-4H3/p+1. The Morgan fingerprint density at radius 1 is 1.22 bits per heavy atom. The Morgan fingerprint density at radius 3 is 2.63 bits per heavy atom. The predicted octanol–water partition coefficient (Wildman–Crippen LogP) is 0.402. The number of ether oxygens (including phenoxy) is 2. The van der Waals surface area contributed by atoms with Gasteiger partial charge in [0.15, 0.2) is 0 Å². The molecule has 0 bridgehead atoms. The average Bonchev–Trinajstić information content (AvgIpc) is 2.64. The minimum absolute atomic E-state index is 0.170. The molecule has 8 heteroatoms. The number of nitrogens with one attached hydrogen (secondary N) is 1. The SMILES string of the molecule is CC(C)OCCOCc1cccc([NH+]=C2C(C#N)C(=O)N(C)C(=O)N2C)c1. The molecule has 0 aliphatic carbocycles. The smallest absolute Gasteiger partial charge is 0.376 e. The third-order valence-electron chi connectivity index (χ3n) is 4.06. The van der Waals surface area contributed by atoms with Crippen LogP contribution in [-0.4, -0.2) is 61.0 Å². The van der Waals surface area contributed by atoms with Gasteiger partial charge in [-0.3, -0.25) is 4.79 Å². The van der Waals surface area contributed by atoms with E-state index in [1.807, 2.05) is 38.1 Å². The fourth-order valence-corrected chi connectivity index (χ4v) is 2.62. The van der Waals surface area contributed by atoms with Crippen molar-refractivity contribution in [1.29, 1.82) is 5.26 Å². The molecule has 1 aliphatic heterocycles. The zero-order valence-electron chi connectivity index (χ0n) is 16.1. The summed E-state index contributed by atoms with van der Waals surface area (Å²) in [6.45, 7) is 5.36. The first-order valence-electron chi connectivity index (χ1n) is 8.72. The molecule has 1 atom stereocenters. The van der Waals surface area contributed by atoms with Crippen molar-refractivity contribution in [3.63, 3.8) is 0 Å². The summed E-state index contributed by atoms with van der Waals surface area (Å²) in [5.41, 5.74) is 1.59. The van der Waals surface area contributed by atoms with Crippen LogP contribution in [0, 0.1) is 17.2 Å². The zero-order chi connectivity index (χ0) is 20.0. The maximum absolute atomic E-state index is 12.2. The molecular weight excluding hydrogens is 348 g/mol. The van der Waals surface area contributed by atoms with E-state index in [1.165, 1.54) is 19.0 Å². The second-order valence-electron chi connectivity index (χ2n) is 6.48. The second-order valence-corrected chi connectivity index (χ2v) is 6.48. The second kappa shape index (κ2) is 9.26. The first-order valence-corrected chi connectivity index (χ1v) is 8.72. The number of hydrogen-bond donors (Lipinski definition) is 1. The van der Waals surface area contributed by atoms with Crippen molar-refractivity contribution in [1.82, 2.24) is 9.80 Å². The van der Waals surface area contributed by atoms with Crippen LogP contribution < -0.4 is 4.99 Å². The third kappa shape index (κ3) is 5.12. The first-order chi connectivity index (χ1) is 12.8. The van der Waals surface area contributed by atoms with E-state index in [2.05, 4.69) is 4.99 Å². The van der Waals surface area contributed by atoms with Gasteiger partial charge in [0.1, 0.15) is 5.69 Å². The number of hydrogen-bond acceptors (Lipinski definition) is 5. The van der Waals surface area contributed by atoms with Crippen LogP contribution in [0.3, 0.4) is 0 Å². The van der Waals surface area contributed by atoms with Crippen LogP contribution in [0.1, 0.15) is 19.4 Å². The van der Waals surface area contributed by atoms with E-state index in [0.29, 0.717) is 25.5 Å². The molecule has 27 heavy (non-hydrogen) atoms. The number of nitriles is 1. The molecule has 0 aromatic heterocycles. The molecule has 1 aromatic carbocycles. The van der Waals surface area contributed by atoms with Crippen molar-refractivity contribution < 1.29 is 24.1 Å². The summed E-state index contributed by atoms with van der Waals surface area (Å²) in [5, 5.41) is 9.36. The Hall–Kier alpha value is -2.76. The van der Waals surface area contributed by atoms with Gasteiger partial charge >= 0.3 is 6.03 Å². The molecule has 8 nitrogen and oxygen atoms in total. The molecular formula is C19H25N4O4+. The number of amidine groups is 1. The van der Waals surface area contributed by atoms with Crippen LogP contribution in [0.4, 0.5) is 10.5 Å². The van der Waals surface area contributed by atoms with Crippen LogP contribution in [0.2, 0.25) is 0 Å². The van der Waals surface area contributed by atoms with Gasteiger partial charge < -0.3 is 9.47 Å². The van der Waals surface area contributed by atoms with Crippen LogP contribution in [0.5, 0.6) is 0 Å². The summed E-state index contributed by atoms with van der Waals surface area (Å²) in [4.78, 5) is 29.6. The first kappa shape index (κ1) is 20.6. The van der Waals surface area contributed by atoms with Crippen LogP contribution in [0.15, 0.2) is 24.3 Å². The monoisotopic (exact) mass is 373 g/mol. The number of imide groups is 1. The molecule has 1 fully saturated rings. The quantitative estimate of drug-likeness (QED) is 0.698. The highest BCUT2D eigenvalue weighted by atomic mass is 16.5. The van der Waals surface area contributed by atoms with E-state index in [4.69, 9.17) is 9.47 Å². The molecule has 144 valence electrons. The molecule has 1 saturated heterocycles. The van der Waals surface area contributed by atoms with Crippen molar-refractivity contribution in [2.24, 2.45) is 5.92 Å². The summed E-state index contributed by atoms with van der Waals surface area (Å²) in [6, 6.07) is 8.87. The van der Waals surface area contributed by atoms with Gasteiger partial charge in [0.05, 0.1) is 39.0 Å². The maximum atomic E-state index is 12.2. The van der Waals surface area contributed by atoms with Crippen molar-refractivity contribution in [3.05, 3.63) is 29.8 Å². The van der Waals surface area contributed by atoms with Crippen molar-refractivity contribution in [2.45, 2.75) is 26.6 Å². The van der Waals surface area contributed by atoms with Crippen LogP contribution in [-0.2, 0) is 20.9 Å². The molecule has 3 amide bonds. The van der Waals surface area contributed by atoms with E-state index >= 15 is 0 Å². The summed E-state index contributed by atoms with van der Waals surface area (Å²) in [5.74, 6) is -1.37. The van der Waals surface area contributed by atoms with Gasteiger partial charge in [0.2, 0.25) is 5.92 Å². The lowest BCUT2D eigenvalue weighted by Gasteiger charge is -2.26. The zero-order valence-corrected chi connectivity index (χ0v) is 16.1. The van der Waals surface area contributed by atoms with Crippen LogP contribution >= 0.6 is 0 Å². The molecule has 1 aliphatic rings. The minimum atomic E-state index is -1.06. The Bertz CT molecular complexity index is 769. The fraction of sp³-hybridized carbons (Fsp3) is 0.474. The molecule has 1 unspecified atom stereocenters. The Morgan fingerprint density at radius 2 is 1.96 bits per heavy atom. The lowest BCUT2D eigenvalue weighted by molar-refractivity contribution is -0.363. The Labute approximate surface area is 159 Å². The Kier molecular flexibility index (Phi) is 7.05. The lowest BCUT2D eigenvalue weighted by atomic mass is 10.1. The maximum Gasteiger partial charge on any atom is 0.417 e. The van der Waals surface area contributed by atoms with E-state index in [-0.39, 0.29) is 11.9 Å². The van der Waals surface area contributed by atoms with Gasteiger partial charge in [-0.1, -0.05) is 12.1 Å². The number of amides is 3. The molecule has 1 heterocycles. The van der Waals surface area contributed by atoms with Gasteiger partial charge in [-0.2, -0.15) is 10.2 Å². The van der Waals surface area contributed by atoms with E-state index < -0.39 is 17.9 Å². The highest BCUT2D eigenvalue weighted by Crippen LogP contribution is 2.14. The molecule has 1 aromatic rings. The fourth-order valence-electron chi connectivity index (χ4n) is 2.62. The Balaban J connectivity index is 2.12. The largest absolute Gasteiger partial charge is 0.417 e. The summed E-state index contributed by atoms with van der Waals surface area (Å²) < 4.78 is 11.0. The van der Waals surface area contributed by atoms with Gasteiger partial charge in [-0.15, -0.1) is 0 Å². The number of carbonyl (C=O) groups is 2. The van der Waals surface area contributed by atoms with Crippen molar-refractivity contribution >= 4 is 23.5 Å². The summed E-state index contributed by atoms with van der Waals surface area (Å²) in [7, 11) is 2.89. The average molecular weight is 373 g/mol. The molecule has 2 rings (SSSR count). The van der Waals surface area contributed by atoms with E-state index in [9.17, 15) is 14.9 Å². The van der Waals surface area contributed by atoms with Gasteiger partial charge in [0.25, 0.3) is 11.7 Å². The third-order valence-corrected chi connectivity index (χ3v) is 4.06. The topological polar surface area (TPSA) is 96.8 Å². The molecule has 1 N–H and O–H groups in total. The van der Waals surface area contributed by atoms with Crippen molar-refractivity contribution in [3.8, 4) is 6.07 Å². The highest BCUT2D eigenvalue weighted by Gasteiger charge is 2.46. The molecule has 0 radical (unpaired) electrons. The van der Waals surface area contributed by atoms with Gasteiger partial charge in [-0.25, -0.2) is 14.7 Å². The lowest BCUT2D eigenvalue weighted by Crippen LogP contribution is -2.76. The number of carbonyl (C=O) groups excluding carboxylic acids is 2. The van der Waals surface area contributed by atoms with Gasteiger partial charge in [-0.05, 0) is 31.5 Å². The number of nitrogens with zero attached hydrogens (tertiary/aromatic N) is 3. The molecule has 0 spiro atoms. The molecule has 0 saturated carbocycles. The summed E-state index contributed by atoms with van der Waals surface area (Å²) in [6.07, 6.45) is 0.170. The number of benzene rings is 1. The van der Waals surface area contributed by atoms with Gasteiger partial charge in [0, 0.05) is 7.05 Å². The van der Waals surface area contributed by atoms with E-state index in [0.717, 1.165) is 10.5 Å². The van der Waals surface area contributed by atoms with Crippen LogP contribution in [0.25, 0.3) is 0 Å². The predicted molar refractivity (Wildman–Crippen MR) is 97.8 cm³/mol. The number of urea groups is 1. The van der Waals surface area contributed by atoms with Crippen molar-refractivity contribution in [2.75, 3.05) is 27.3 Å². The van der Waals surface area contributed by atoms with E-state index in [1.54, 1.807) is 6.07 Å². The minimum Gasteiger partial charge on any atom is -0.376 e. The number of rotatable bonds is 7. The highest BCUT2D eigenvalue weighted by molar-refractivity contribution is 6.17. The summed E-state index contributed by atoms with van der Waals surface area (Å²) >= 11 is 0. The normalized spacial score (nSPS) is 19.1.